The van der Waals surface area contributed by atoms with E-state index in [9.17, 15) is 9.59 Å². The topological polar surface area (TPSA) is 64.4 Å². The van der Waals surface area contributed by atoms with Crippen LogP contribution in [0.25, 0.3) is 16.6 Å². The van der Waals surface area contributed by atoms with Crippen LogP contribution in [0.5, 0.6) is 5.75 Å². The Bertz CT molecular complexity index is 1170. The number of rotatable bonds is 12. The third-order valence-corrected chi connectivity index (χ3v) is 6.17. The molecule has 0 N–H and O–H groups in total. The van der Waals surface area contributed by atoms with Gasteiger partial charge >= 0.3 is 0 Å². The molecule has 1 heterocycles. The van der Waals surface area contributed by atoms with Gasteiger partial charge in [0.2, 0.25) is 5.91 Å². The minimum atomic E-state index is -0.304. The molecule has 188 valence electrons. The quantitative estimate of drug-likeness (QED) is 0.287. The SMILES string of the molecule is CCCCCN(C(=O)CC(C)C)C(CC)c1nc2ccccc2c(=O)n1-c1ccc(OCC)cc1. The summed E-state index contributed by atoms with van der Waals surface area (Å²) in [6.45, 7) is 11.5. The molecule has 3 aromatic rings. The zero-order chi connectivity index (χ0) is 25.4. The molecular formula is C29H39N3O3. The fourth-order valence-electron chi connectivity index (χ4n) is 4.48. The Balaban J connectivity index is 2.20. The van der Waals surface area contributed by atoms with Gasteiger partial charge in [-0.25, -0.2) is 4.98 Å². The predicted octanol–water partition coefficient (Wildman–Crippen LogP) is 6.30. The van der Waals surface area contributed by atoms with E-state index in [1.807, 2.05) is 60.4 Å². The summed E-state index contributed by atoms with van der Waals surface area (Å²) in [5.41, 5.74) is 1.24. The van der Waals surface area contributed by atoms with Crippen molar-refractivity contribution in [3.63, 3.8) is 0 Å². The van der Waals surface area contributed by atoms with Crippen LogP contribution >= 0.6 is 0 Å². The van der Waals surface area contributed by atoms with E-state index in [4.69, 9.17) is 9.72 Å². The largest absolute Gasteiger partial charge is 0.494 e. The van der Waals surface area contributed by atoms with Crippen LogP contribution in [0.4, 0.5) is 0 Å². The van der Waals surface area contributed by atoms with Gasteiger partial charge in [0.15, 0.2) is 0 Å². The Morgan fingerprint density at radius 3 is 2.37 bits per heavy atom. The maximum absolute atomic E-state index is 13.8. The molecule has 0 aliphatic carbocycles. The summed E-state index contributed by atoms with van der Waals surface area (Å²) in [5.74, 6) is 1.73. The first-order valence-electron chi connectivity index (χ1n) is 13.0. The van der Waals surface area contributed by atoms with Crippen LogP contribution in [-0.4, -0.2) is 33.5 Å². The number of aromatic nitrogens is 2. The lowest BCUT2D eigenvalue weighted by Gasteiger charge is -2.33. The molecule has 0 aliphatic heterocycles. The number of carbonyl (C=O) groups excluding carboxylic acids is 1. The highest BCUT2D eigenvalue weighted by molar-refractivity contribution is 5.79. The molecule has 0 fully saturated rings. The maximum atomic E-state index is 13.8. The monoisotopic (exact) mass is 477 g/mol. The molecule has 6 nitrogen and oxygen atoms in total. The number of hydrogen-bond donors (Lipinski definition) is 0. The van der Waals surface area contributed by atoms with Gasteiger partial charge in [-0.05, 0) is 62.1 Å². The van der Waals surface area contributed by atoms with Crippen molar-refractivity contribution in [2.24, 2.45) is 5.92 Å². The third kappa shape index (κ3) is 6.30. The summed E-state index contributed by atoms with van der Waals surface area (Å²) >= 11 is 0. The summed E-state index contributed by atoms with van der Waals surface area (Å²) in [4.78, 5) is 34.2. The minimum Gasteiger partial charge on any atom is -0.494 e. The lowest BCUT2D eigenvalue weighted by molar-refractivity contribution is -0.135. The molecule has 0 saturated carbocycles. The first-order chi connectivity index (χ1) is 16.9. The Morgan fingerprint density at radius 1 is 1.03 bits per heavy atom. The highest BCUT2D eigenvalue weighted by atomic mass is 16.5. The second-order valence-corrected chi connectivity index (χ2v) is 9.37. The van der Waals surface area contributed by atoms with E-state index in [1.165, 1.54) is 0 Å². The van der Waals surface area contributed by atoms with Gasteiger partial charge in [-0.1, -0.05) is 52.7 Å². The van der Waals surface area contributed by atoms with Crippen LogP contribution in [0.3, 0.4) is 0 Å². The summed E-state index contributed by atoms with van der Waals surface area (Å²) < 4.78 is 7.28. The Kier molecular flexibility index (Phi) is 9.47. The molecule has 3 rings (SSSR count). The summed E-state index contributed by atoms with van der Waals surface area (Å²) in [6, 6.07) is 14.6. The Labute approximate surface area is 208 Å². The van der Waals surface area contributed by atoms with Gasteiger partial charge in [-0.15, -0.1) is 0 Å². The average molecular weight is 478 g/mol. The second kappa shape index (κ2) is 12.5. The number of amides is 1. The number of para-hydroxylation sites is 1. The van der Waals surface area contributed by atoms with Crippen molar-refractivity contribution in [1.82, 2.24) is 14.5 Å². The van der Waals surface area contributed by atoms with Gasteiger partial charge in [0.25, 0.3) is 5.56 Å². The van der Waals surface area contributed by atoms with Crippen molar-refractivity contribution in [2.45, 2.75) is 72.8 Å². The van der Waals surface area contributed by atoms with Crippen LogP contribution in [-0.2, 0) is 4.79 Å². The molecule has 0 aliphatic rings. The number of nitrogens with zero attached hydrogens (tertiary/aromatic N) is 3. The fourth-order valence-corrected chi connectivity index (χ4v) is 4.48. The molecule has 0 spiro atoms. The highest BCUT2D eigenvalue weighted by Crippen LogP contribution is 2.28. The van der Waals surface area contributed by atoms with Gasteiger partial charge in [0.05, 0.1) is 29.2 Å². The molecule has 6 heteroatoms. The van der Waals surface area contributed by atoms with Crippen LogP contribution in [0.2, 0.25) is 0 Å². The van der Waals surface area contributed by atoms with Crippen molar-refractivity contribution in [2.75, 3.05) is 13.2 Å². The van der Waals surface area contributed by atoms with Crippen LogP contribution in [0, 0.1) is 5.92 Å². The average Bonchev–Trinajstić information content (AvgIpc) is 2.84. The van der Waals surface area contributed by atoms with Crippen molar-refractivity contribution >= 4 is 16.8 Å². The van der Waals surface area contributed by atoms with Gasteiger partial charge < -0.3 is 9.64 Å². The van der Waals surface area contributed by atoms with Crippen molar-refractivity contribution < 1.29 is 9.53 Å². The molecule has 1 amide bonds. The van der Waals surface area contributed by atoms with E-state index in [-0.39, 0.29) is 23.4 Å². The Hall–Kier alpha value is -3.15. The third-order valence-electron chi connectivity index (χ3n) is 6.17. The number of benzene rings is 2. The summed E-state index contributed by atoms with van der Waals surface area (Å²) in [7, 11) is 0. The lowest BCUT2D eigenvalue weighted by atomic mass is 10.1. The standard InChI is InChI=1S/C29H39N3O3/c1-6-9-12-19-31(27(33)20-21(4)5)26(7-2)28-30-25-14-11-10-13-24(25)29(34)32(28)22-15-17-23(18-16-22)35-8-3/h10-11,13-18,21,26H,6-9,12,19-20H2,1-5H3. The molecule has 1 unspecified atom stereocenters. The number of ether oxygens (including phenoxy) is 1. The predicted molar refractivity (Wildman–Crippen MR) is 142 cm³/mol. The van der Waals surface area contributed by atoms with Crippen molar-refractivity contribution in [1.29, 1.82) is 0 Å². The van der Waals surface area contributed by atoms with Gasteiger partial charge in [-0.2, -0.15) is 0 Å². The molecule has 0 saturated heterocycles. The minimum absolute atomic E-state index is 0.114. The van der Waals surface area contributed by atoms with E-state index in [0.29, 0.717) is 42.7 Å². The van der Waals surface area contributed by atoms with Crippen LogP contribution in [0.15, 0.2) is 53.3 Å². The van der Waals surface area contributed by atoms with Gasteiger partial charge in [0.1, 0.15) is 11.6 Å². The zero-order valence-electron chi connectivity index (χ0n) is 21.8. The van der Waals surface area contributed by atoms with Gasteiger partial charge in [0, 0.05) is 13.0 Å². The molecule has 2 aromatic carbocycles. The molecule has 35 heavy (non-hydrogen) atoms. The van der Waals surface area contributed by atoms with Gasteiger partial charge in [-0.3, -0.25) is 14.2 Å². The number of fused-ring (bicyclic) bond motifs is 1. The number of hydrogen-bond acceptors (Lipinski definition) is 4. The van der Waals surface area contributed by atoms with Crippen molar-refractivity contribution in [3.8, 4) is 11.4 Å². The highest BCUT2D eigenvalue weighted by Gasteiger charge is 2.29. The van der Waals surface area contributed by atoms with E-state index in [2.05, 4.69) is 27.7 Å². The Morgan fingerprint density at radius 2 is 1.74 bits per heavy atom. The second-order valence-electron chi connectivity index (χ2n) is 9.37. The van der Waals surface area contributed by atoms with Crippen LogP contribution in [0.1, 0.15) is 78.6 Å². The van der Waals surface area contributed by atoms with Crippen molar-refractivity contribution in [3.05, 3.63) is 64.7 Å². The summed E-state index contributed by atoms with van der Waals surface area (Å²) in [5, 5.41) is 0.561. The fraction of sp³-hybridized carbons (Fsp3) is 0.483. The van der Waals surface area contributed by atoms with E-state index < -0.39 is 0 Å². The van der Waals surface area contributed by atoms with E-state index >= 15 is 0 Å². The smallest absolute Gasteiger partial charge is 0.266 e. The zero-order valence-corrected chi connectivity index (χ0v) is 21.8. The maximum Gasteiger partial charge on any atom is 0.266 e. The molecule has 0 bridgehead atoms. The lowest BCUT2D eigenvalue weighted by Crippen LogP contribution is -2.39. The molecule has 1 atom stereocenters. The first-order valence-corrected chi connectivity index (χ1v) is 13.0. The molecular weight excluding hydrogens is 438 g/mol. The normalized spacial score (nSPS) is 12.2. The number of carbonyl (C=O) groups is 1. The molecule has 1 aromatic heterocycles. The van der Waals surface area contributed by atoms with E-state index in [1.54, 1.807) is 4.57 Å². The summed E-state index contributed by atoms with van der Waals surface area (Å²) in [6.07, 6.45) is 4.20. The first kappa shape index (κ1) is 26.5. The number of unbranched alkanes of at least 4 members (excludes halogenated alkanes) is 2. The van der Waals surface area contributed by atoms with Crippen LogP contribution < -0.4 is 10.3 Å². The molecule has 0 radical (unpaired) electrons. The van der Waals surface area contributed by atoms with E-state index in [0.717, 1.165) is 30.7 Å².